The maximum Gasteiger partial charge on any atom is 0.387 e. The van der Waals surface area contributed by atoms with Gasteiger partial charge < -0.3 is 33.8 Å². The van der Waals surface area contributed by atoms with Crippen molar-refractivity contribution in [1.29, 1.82) is 0 Å². The number of ether oxygens (including phenoxy) is 2. The Morgan fingerprint density at radius 3 is 1.68 bits per heavy atom. The number of carbonyl (C=O) groups is 3. The number of piperidine rings is 2. The van der Waals surface area contributed by atoms with Crippen LogP contribution in [0.15, 0.2) is 130 Å². The number of aromatic nitrogens is 2. The van der Waals surface area contributed by atoms with Crippen molar-refractivity contribution in [3.63, 3.8) is 0 Å². The molecule has 3 N–H and O–H groups in total. The van der Waals surface area contributed by atoms with Crippen molar-refractivity contribution < 1.29 is 60.5 Å². The number of halogens is 4. The van der Waals surface area contributed by atoms with Gasteiger partial charge in [0.15, 0.2) is 17.5 Å². The number of rotatable bonds is 13. The third kappa shape index (κ3) is 12.8. The first-order valence-electron chi connectivity index (χ1n) is 23.7. The predicted molar refractivity (Wildman–Crippen MR) is 274 cm³/mol. The standard InChI is InChI=1S/C28H26F2N2O4.C22H15F2NO3.C6H11NO2.CH4/c1-17-20(18-8-3-2-4-9-18)10-7-11-21(17)26-31-22-14-19(24(36-28(29)30)15-25(22)35-26)16-32-13-6-5-12-23(32)27(33)34;1-13-16(14-6-3-2-4-7-14)8-5-9-17(13)21-25-18-10-15(12-26)19(28-22(23)24)11-20(18)27-21;8-6(9)5-3-1-2-4-7-5;/h2-4,7-11,14-15,23,28H,5-6,12-13,16H2,1H3,(H,33,34);2-12,22H,1H3;5,7H,1-4H2,(H,8,9);1H4/t23-;;5-;/m0.0./s1. The molecule has 74 heavy (non-hydrogen) atoms. The Morgan fingerprint density at radius 1 is 0.676 bits per heavy atom. The van der Waals surface area contributed by atoms with Crippen LogP contribution in [-0.2, 0) is 16.1 Å². The summed E-state index contributed by atoms with van der Waals surface area (Å²) in [5.74, 6) is -1.18. The molecule has 2 aliphatic rings. The van der Waals surface area contributed by atoms with E-state index in [-0.39, 0.29) is 42.7 Å². The number of oxazole rings is 2. The molecule has 4 heterocycles. The Bertz CT molecular complexity index is 3200. The molecule has 0 spiro atoms. The first-order chi connectivity index (χ1) is 35.3. The first-order valence-corrected chi connectivity index (χ1v) is 23.7. The van der Waals surface area contributed by atoms with Crippen molar-refractivity contribution in [1.82, 2.24) is 20.2 Å². The molecule has 13 nitrogen and oxygen atoms in total. The number of carboxylic acid groups (broad SMARTS) is 2. The minimum atomic E-state index is -3.04. The number of benzene rings is 6. The normalized spacial score (nSPS) is 15.6. The van der Waals surface area contributed by atoms with Crippen molar-refractivity contribution in [3.05, 3.63) is 144 Å². The maximum absolute atomic E-state index is 13.2. The number of nitrogens with zero attached hydrogens (tertiary/aromatic N) is 3. The number of fused-ring (bicyclic) bond motifs is 2. The van der Waals surface area contributed by atoms with Gasteiger partial charge in [-0.3, -0.25) is 19.3 Å². The fourth-order valence-electron chi connectivity index (χ4n) is 9.16. The third-order valence-electron chi connectivity index (χ3n) is 12.8. The number of nitrogens with one attached hydrogen (secondary N) is 1. The van der Waals surface area contributed by atoms with Crippen LogP contribution in [0.2, 0.25) is 0 Å². The summed E-state index contributed by atoms with van der Waals surface area (Å²) in [4.78, 5) is 44.1. The topological polar surface area (TPSA) is 177 Å². The third-order valence-corrected chi connectivity index (χ3v) is 12.8. The summed E-state index contributed by atoms with van der Waals surface area (Å²) < 4.78 is 72.7. The molecule has 0 radical (unpaired) electrons. The Balaban J connectivity index is 0.000000187. The fourth-order valence-corrected chi connectivity index (χ4v) is 9.16. The average Bonchev–Trinajstić information content (AvgIpc) is 4.00. The van der Waals surface area contributed by atoms with Gasteiger partial charge in [0.05, 0.1) is 5.56 Å². The Hall–Kier alpha value is -7.89. The summed E-state index contributed by atoms with van der Waals surface area (Å²) in [5, 5.41) is 21.0. The van der Waals surface area contributed by atoms with Crippen molar-refractivity contribution >= 4 is 40.4 Å². The van der Waals surface area contributed by atoms with E-state index in [1.165, 1.54) is 18.2 Å². The molecule has 0 aliphatic carbocycles. The first kappa shape index (κ1) is 53.9. The summed E-state index contributed by atoms with van der Waals surface area (Å²) in [6.07, 6.45) is 5.59. The highest BCUT2D eigenvalue weighted by Crippen LogP contribution is 2.38. The lowest BCUT2D eigenvalue weighted by atomic mass is 9.96. The average molecular weight is 1020 g/mol. The van der Waals surface area contributed by atoms with E-state index in [1.807, 2.05) is 111 Å². The molecular formula is C57H56F4N4O9. The molecule has 0 saturated carbocycles. The van der Waals surface area contributed by atoms with E-state index in [1.54, 1.807) is 11.0 Å². The molecule has 2 saturated heterocycles. The lowest BCUT2D eigenvalue weighted by Crippen LogP contribution is -2.44. The Morgan fingerprint density at radius 2 is 1.19 bits per heavy atom. The number of carboxylic acids is 2. The SMILES string of the molecule is C.Cc1c(-c2ccccc2)cccc1-c1nc2cc(C=O)c(OC(F)F)cc2o1.Cc1c(-c2ccccc2)cccc1-c1nc2cc(CN3CCCC[C@H]3C(=O)O)c(OC(F)F)cc2o1.O=C(O)[C@@H]1CCCCN1. The van der Waals surface area contributed by atoms with Gasteiger partial charge in [-0.25, -0.2) is 9.97 Å². The molecule has 17 heteroatoms. The lowest BCUT2D eigenvalue weighted by molar-refractivity contribution is -0.145. The van der Waals surface area contributed by atoms with E-state index in [0.29, 0.717) is 53.2 Å². The number of hydrogen-bond donors (Lipinski definition) is 3. The van der Waals surface area contributed by atoms with Crippen LogP contribution in [0.3, 0.4) is 0 Å². The second kappa shape index (κ2) is 24.7. The number of hydrogen-bond acceptors (Lipinski definition) is 11. The fraction of sp³-hybridized carbons (Fsp3) is 0.281. The zero-order valence-electron chi connectivity index (χ0n) is 39.9. The van der Waals surface area contributed by atoms with E-state index < -0.39 is 31.2 Å². The van der Waals surface area contributed by atoms with Crippen LogP contribution in [0.1, 0.15) is 73.0 Å². The molecular weight excluding hydrogens is 961 g/mol. The Labute approximate surface area is 424 Å². The summed E-state index contributed by atoms with van der Waals surface area (Å²) >= 11 is 0. The van der Waals surface area contributed by atoms with Crippen LogP contribution in [0.25, 0.3) is 67.4 Å². The number of aldehydes is 1. The van der Waals surface area contributed by atoms with Crippen molar-refractivity contribution in [2.45, 2.75) is 91.7 Å². The molecule has 0 bridgehead atoms. The zero-order chi connectivity index (χ0) is 51.6. The van der Waals surface area contributed by atoms with Gasteiger partial charge in [-0.15, -0.1) is 0 Å². The largest absolute Gasteiger partial charge is 0.480 e. The van der Waals surface area contributed by atoms with E-state index >= 15 is 0 Å². The molecule has 386 valence electrons. The van der Waals surface area contributed by atoms with Gasteiger partial charge in [0.2, 0.25) is 11.8 Å². The highest BCUT2D eigenvalue weighted by molar-refractivity contribution is 5.89. The van der Waals surface area contributed by atoms with Crippen molar-refractivity contribution in [2.75, 3.05) is 13.1 Å². The van der Waals surface area contributed by atoms with Crippen LogP contribution in [-0.4, -0.2) is 81.7 Å². The van der Waals surface area contributed by atoms with Gasteiger partial charge in [0.25, 0.3) is 0 Å². The van der Waals surface area contributed by atoms with E-state index in [2.05, 4.69) is 20.0 Å². The number of alkyl halides is 4. The van der Waals surface area contributed by atoms with Gasteiger partial charge in [-0.1, -0.05) is 105 Å². The molecule has 0 unspecified atom stereocenters. The summed E-state index contributed by atoms with van der Waals surface area (Å²) in [7, 11) is 0. The summed E-state index contributed by atoms with van der Waals surface area (Å²) in [6.45, 7) is -0.510. The van der Waals surface area contributed by atoms with Crippen LogP contribution >= 0.6 is 0 Å². The second-order valence-corrected chi connectivity index (χ2v) is 17.5. The van der Waals surface area contributed by atoms with Gasteiger partial charge >= 0.3 is 25.2 Å². The molecule has 2 aliphatic heterocycles. The molecule has 10 rings (SSSR count). The number of aliphatic carboxylic acids is 2. The number of carbonyl (C=O) groups excluding carboxylic acids is 1. The minimum absolute atomic E-state index is 0. The van der Waals surface area contributed by atoms with Crippen LogP contribution in [0, 0.1) is 13.8 Å². The number of likely N-dealkylation sites (tertiary alicyclic amines) is 1. The summed E-state index contributed by atoms with van der Waals surface area (Å²) in [6, 6.07) is 36.3. The monoisotopic (exact) mass is 1020 g/mol. The van der Waals surface area contributed by atoms with E-state index in [4.69, 9.17) is 18.7 Å². The minimum Gasteiger partial charge on any atom is -0.480 e. The molecule has 2 atom stereocenters. The van der Waals surface area contributed by atoms with Crippen LogP contribution in [0.4, 0.5) is 17.6 Å². The van der Waals surface area contributed by atoms with Crippen molar-refractivity contribution in [3.8, 4) is 56.7 Å². The second-order valence-electron chi connectivity index (χ2n) is 17.5. The smallest absolute Gasteiger partial charge is 0.387 e. The molecule has 8 aromatic rings. The maximum atomic E-state index is 13.2. The quantitative estimate of drug-likeness (QED) is 0.0735. The molecule has 6 aromatic carbocycles. The van der Waals surface area contributed by atoms with Crippen LogP contribution in [0.5, 0.6) is 11.5 Å². The highest BCUT2D eigenvalue weighted by atomic mass is 19.3. The Kier molecular flexibility index (Phi) is 18.0. The van der Waals surface area contributed by atoms with Gasteiger partial charge in [-0.05, 0) is 110 Å². The zero-order valence-corrected chi connectivity index (χ0v) is 39.9. The lowest BCUT2D eigenvalue weighted by Gasteiger charge is -2.33. The van der Waals surface area contributed by atoms with Gasteiger partial charge in [0, 0.05) is 35.4 Å². The summed E-state index contributed by atoms with van der Waals surface area (Å²) in [5.41, 5.74) is 9.66. The van der Waals surface area contributed by atoms with Gasteiger partial charge in [-0.2, -0.15) is 17.6 Å². The predicted octanol–water partition coefficient (Wildman–Crippen LogP) is 13.2. The van der Waals surface area contributed by atoms with E-state index in [0.717, 1.165) is 83.2 Å². The van der Waals surface area contributed by atoms with Crippen LogP contribution < -0.4 is 14.8 Å². The molecule has 2 aromatic heterocycles. The van der Waals surface area contributed by atoms with E-state index in [9.17, 15) is 37.1 Å². The highest BCUT2D eigenvalue weighted by Gasteiger charge is 2.30. The van der Waals surface area contributed by atoms with Crippen molar-refractivity contribution in [2.24, 2.45) is 0 Å². The molecule has 0 amide bonds. The van der Waals surface area contributed by atoms with Gasteiger partial charge in [0.1, 0.15) is 34.6 Å². The molecule has 2 fully saturated rings.